The number of fused-ring (bicyclic) bond motifs is 1. The Kier molecular flexibility index (Phi) is 15.7. The molecule has 2 N–H and O–H groups in total. The number of rotatable bonds is 19. The zero-order valence-corrected chi connectivity index (χ0v) is 34.4. The van der Waals surface area contributed by atoms with Crippen molar-refractivity contribution in [2.24, 2.45) is 11.8 Å². The van der Waals surface area contributed by atoms with E-state index in [9.17, 15) is 23.5 Å². The molecule has 10 nitrogen and oxygen atoms in total. The Labute approximate surface area is 334 Å². The fourth-order valence-corrected chi connectivity index (χ4v) is 8.21. The summed E-state index contributed by atoms with van der Waals surface area (Å²) in [4.78, 5) is 30.5. The Morgan fingerprint density at radius 2 is 1.96 bits per heavy atom. The first-order chi connectivity index (χ1) is 26.2. The van der Waals surface area contributed by atoms with Crippen LogP contribution in [0.3, 0.4) is 0 Å². The zero-order valence-electron chi connectivity index (χ0n) is 32.8. The first-order valence-electron chi connectivity index (χ1n) is 19.5. The monoisotopic (exact) mass is 805 g/mol. The van der Waals surface area contributed by atoms with Crippen molar-refractivity contribution in [3.05, 3.63) is 70.3 Å². The molecule has 0 radical (unpaired) electrons. The minimum atomic E-state index is -2.59. The molecule has 5 rings (SSSR count). The number of nitrogens with zero attached hydrogens (tertiary/aromatic N) is 4. The molecule has 14 heteroatoms. The average Bonchev–Trinajstić information content (AvgIpc) is 3.30. The van der Waals surface area contributed by atoms with E-state index in [2.05, 4.69) is 40.8 Å². The number of anilines is 1. The third-order valence-electron chi connectivity index (χ3n) is 10.8. The molecule has 0 bridgehead atoms. The van der Waals surface area contributed by atoms with Gasteiger partial charge >= 0.3 is 0 Å². The van der Waals surface area contributed by atoms with Crippen molar-refractivity contribution in [2.45, 2.75) is 76.4 Å². The van der Waals surface area contributed by atoms with Crippen molar-refractivity contribution in [1.29, 1.82) is 0 Å². The van der Waals surface area contributed by atoms with E-state index in [1.165, 1.54) is 11.1 Å². The van der Waals surface area contributed by atoms with Crippen molar-refractivity contribution in [3.8, 4) is 5.75 Å². The number of hydrogen-bond donors (Lipinski definition) is 2. The highest BCUT2D eigenvalue weighted by atomic mass is 35.5. The number of benzene rings is 2. The molecule has 304 valence electrons. The van der Waals surface area contributed by atoms with Gasteiger partial charge in [0.2, 0.25) is 5.91 Å². The van der Waals surface area contributed by atoms with Gasteiger partial charge in [0.1, 0.15) is 5.75 Å². The Balaban J connectivity index is 1.38. The van der Waals surface area contributed by atoms with Gasteiger partial charge in [0.05, 0.1) is 31.5 Å². The first-order valence-corrected chi connectivity index (χ1v) is 20.6. The average molecular weight is 806 g/mol. The molecule has 2 amide bonds. The second-order valence-corrected chi connectivity index (χ2v) is 17.0. The molecular weight excluding hydrogens is 748 g/mol. The zero-order chi connectivity index (χ0) is 39.7. The number of halogens is 3. The lowest BCUT2D eigenvalue weighted by Gasteiger charge is -2.44. The quantitative estimate of drug-likeness (QED) is 0.0911. The summed E-state index contributed by atoms with van der Waals surface area (Å²) >= 11 is 7.57. The number of amides is 2. The number of carbonyl (C=O) groups excluding carboxylic acids is 2. The normalized spacial score (nSPS) is 21.9. The molecule has 2 aromatic carbocycles. The van der Waals surface area contributed by atoms with Crippen molar-refractivity contribution >= 4 is 41.2 Å². The van der Waals surface area contributed by atoms with Crippen LogP contribution in [0, 0.1) is 11.8 Å². The minimum Gasteiger partial charge on any atom is -0.491 e. The summed E-state index contributed by atoms with van der Waals surface area (Å²) in [5.74, 6) is -1.86. The van der Waals surface area contributed by atoms with Crippen molar-refractivity contribution in [1.82, 2.24) is 18.8 Å². The number of aryl methyl sites for hydroxylation is 1. The highest BCUT2D eigenvalue weighted by Crippen LogP contribution is 2.43. The molecule has 3 aliphatic rings. The number of carbonyl (C=O) groups is 2. The van der Waals surface area contributed by atoms with E-state index in [-0.39, 0.29) is 42.9 Å². The number of nitrogens with one attached hydrogen (secondary N) is 1. The van der Waals surface area contributed by atoms with E-state index in [1.807, 2.05) is 18.2 Å². The van der Waals surface area contributed by atoms with Gasteiger partial charge in [0.15, 0.2) is 6.10 Å². The fraction of sp³-hybridized carbons (Fsp3) is 0.610. The molecule has 5 unspecified atom stereocenters. The van der Waals surface area contributed by atoms with Crippen LogP contribution >= 0.6 is 23.7 Å². The first kappa shape index (κ1) is 43.2. The van der Waals surface area contributed by atoms with Crippen LogP contribution in [0.2, 0.25) is 5.02 Å². The predicted octanol–water partition coefficient (Wildman–Crippen LogP) is 6.73. The molecule has 1 aliphatic carbocycles. The number of ether oxygens (including phenoxy) is 2. The third-order valence-corrected chi connectivity index (χ3v) is 11.7. The Morgan fingerprint density at radius 3 is 2.64 bits per heavy atom. The van der Waals surface area contributed by atoms with E-state index in [1.54, 1.807) is 48.2 Å². The molecule has 2 fully saturated rings. The molecule has 0 aromatic heterocycles. The minimum absolute atomic E-state index is 0.0148. The van der Waals surface area contributed by atoms with E-state index in [0.29, 0.717) is 68.6 Å². The molecule has 1 saturated heterocycles. The number of likely N-dealkylation sites (tertiary alicyclic amines) is 1. The third kappa shape index (κ3) is 12.0. The lowest BCUT2D eigenvalue weighted by molar-refractivity contribution is -0.132. The van der Waals surface area contributed by atoms with Gasteiger partial charge in [-0.25, -0.2) is 13.1 Å². The summed E-state index contributed by atoms with van der Waals surface area (Å²) in [5.41, 5.74) is 3.72. The molecule has 5 atom stereocenters. The summed E-state index contributed by atoms with van der Waals surface area (Å²) < 4.78 is 44.3. The van der Waals surface area contributed by atoms with Gasteiger partial charge in [-0.2, -0.15) is 0 Å². The highest BCUT2D eigenvalue weighted by Gasteiger charge is 2.43. The maximum Gasteiger partial charge on any atom is 0.272 e. The Hall–Kier alpha value is -2.94. The van der Waals surface area contributed by atoms with Crippen LogP contribution < -0.4 is 14.4 Å². The molecule has 2 aromatic rings. The van der Waals surface area contributed by atoms with Gasteiger partial charge in [0.25, 0.3) is 11.8 Å². The van der Waals surface area contributed by atoms with E-state index in [0.717, 1.165) is 43.5 Å². The Bertz CT molecular complexity index is 1630. The topological polar surface area (TPSA) is 97.8 Å². The van der Waals surface area contributed by atoms with Gasteiger partial charge in [-0.05, 0) is 99.0 Å². The second kappa shape index (κ2) is 20.0. The summed E-state index contributed by atoms with van der Waals surface area (Å²) in [6, 6.07) is 11.6. The maximum absolute atomic E-state index is 13.4. The van der Waals surface area contributed by atoms with Crippen LogP contribution in [0.5, 0.6) is 5.75 Å². The van der Waals surface area contributed by atoms with Gasteiger partial charge in [-0.3, -0.25) is 19.2 Å². The van der Waals surface area contributed by atoms with Gasteiger partial charge in [0, 0.05) is 69.8 Å². The van der Waals surface area contributed by atoms with Crippen LogP contribution in [-0.2, 0) is 20.7 Å². The van der Waals surface area contributed by atoms with Crippen LogP contribution in [0.25, 0.3) is 0 Å². The maximum atomic E-state index is 13.4. The fourth-order valence-electron chi connectivity index (χ4n) is 7.63. The lowest BCUT2D eigenvalue weighted by atomic mass is 9.70. The SMILES string of the molecule is CCCc1cc(Cl)ccc1C1COc2ccc(C(O)C(=O)NSN(C)C)cc2N(CC2CCC2C(/C=C/CCN(C)C(C)=O)OCCCN2CC(F)(F)C2)C1. The Morgan fingerprint density at radius 1 is 1.18 bits per heavy atom. The number of alkyl halides is 2. The number of hydrogen-bond acceptors (Lipinski definition) is 9. The number of aliphatic hydroxyl groups is 1. The van der Waals surface area contributed by atoms with Gasteiger partial charge in [-0.15, -0.1) is 0 Å². The summed E-state index contributed by atoms with van der Waals surface area (Å²) in [6.07, 6.45) is 7.89. The standard InChI is InChI=1S/C41H58ClF2N5O5S/c1-6-10-29-21-33(42)14-16-34(29)32-24-49(36-22-30(13-17-38(36)54-25-32)39(51)40(52)45-55-46(3)4)23-31-12-15-35(31)37(11-7-8-18-47(5)28(2)50)53-20-9-19-48-26-41(43,44)27-48/h7,11,13-14,16-17,21-22,31-32,35,37,39,51H,6,8-10,12,15,18-20,23-27H2,1-5H3,(H,45,52)/b11-7+. The molecule has 2 aliphatic heterocycles. The molecule has 0 spiro atoms. The molecular formula is C41H58ClF2N5O5S. The van der Waals surface area contributed by atoms with E-state index in [4.69, 9.17) is 21.1 Å². The largest absolute Gasteiger partial charge is 0.491 e. The molecule has 2 heterocycles. The molecule has 1 saturated carbocycles. The number of aliphatic hydroxyl groups excluding tert-OH is 1. The highest BCUT2D eigenvalue weighted by molar-refractivity contribution is 7.95. The van der Waals surface area contributed by atoms with Crippen LogP contribution in [0.4, 0.5) is 14.5 Å². The van der Waals surface area contributed by atoms with Crippen LogP contribution in [0.15, 0.2) is 48.6 Å². The lowest BCUT2D eigenvalue weighted by Crippen LogP contribution is -2.56. The second-order valence-electron chi connectivity index (χ2n) is 15.4. The van der Waals surface area contributed by atoms with E-state index >= 15 is 0 Å². The van der Waals surface area contributed by atoms with Gasteiger partial charge in [-0.1, -0.05) is 49.2 Å². The van der Waals surface area contributed by atoms with Crippen LogP contribution in [0.1, 0.15) is 74.7 Å². The summed E-state index contributed by atoms with van der Waals surface area (Å²) in [7, 11) is 5.40. The van der Waals surface area contributed by atoms with Crippen molar-refractivity contribution < 1.29 is 33.0 Å². The van der Waals surface area contributed by atoms with Gasteiger partial charge < -0.3 is 24.4 Å². The summed E-state index contributed by atoms with van der Waals surface area (Å²) in [6.45, 7) is 6.79. The van der Waals surface area contributed by atoms with Crippen LogP contribution in [-0.4, -0.2) is 117 Å². The van der Waals surface area contributed by atoms with Crippen molar-refractivity contribution in [2.75, 3.05) is 78.5 Å². The smallest absolute Gasteiger partial charge is 0.272 e. The van der Waals surface area contributed by atoms with E-state index < -0.39 is 17.9 Å². The predicted molar refractivity (Wildman–Crippen MR) is 216 cm³/mol. The summed E-state index contributed by atoms with van der Waals surface area (Å²) in [5, 5.41) is 11.8. The molecule has 55 heavy (non-hydrogen) atoms. The van der Waals surface area contributed by atoms with Crippen molar-refractivity contribution in [3.63, 3.8) is 0 Å².